The summed E-state index contributed by atoms with van der Waals surface area (Å²) in [5, 5.41) is 5.79. The quantitative estimate of drug-likeness (QED) is 0.631. The van der Waals surface area contributed by atoms with Crippen LogP contribution in [0.1, 0.15) is 39.5 Å². The van der Waals surface area contributed by atoms with Crippen LogP contribution in [0.2, 0.25) is 0 Å². The Kier molecular flexibility index (Phi) is 9.41. The van der Waals surface area contributed by atoms with Crippen LogP contribution in [-0.2, 0) is 0 Å². The zero-order valence-electron chi connectivity index (χ0n) is 13.3. The summed E-state index contributed by atoms with van der Waals surface area (Å²) < 4.78 is 0. The maximum absolute atomic E-state index is 11.4. The van der Waals surface area contributed by atoms with Crippen LogP contribution in [0.5, 0.6) is 0 Å². The van der Waals surface area contributed by atoms with Crippen molar-refractivity contribution in [3.8, 4) is 0 Å². The summed E-state index contributed by atoms with van der Waals surface area (Å²) in [7, 11) is 0. The molecule has 0 spiro atoms. The molecule has 5 nitrogen and oxygen atoms in total. The second-order valence-corrected chi connectivity index (χ2v) is 5.52. The Morgan fingerprint density at radius 2 is 1.50 bits per heavy atom. The average molecular weight is 284 g/mol. The fraction of sp³-hybridized carbons (Fsp3) is 0.933. The summed E-state index contributed by atoms with van der Waals surface area (Å²) in [4.78, 5) is 16.4. The lowest BCUT2D eigenvalue weighted by molar-refractivity contribution is 0.135. The van der Waals surface area contributed by atoms with Crippen molar-refractivity contribution in [3.05, 3.63) is 0 Å². The van der Waals surface area contributed by atoms with Crippen molar-refractivity contribution in [1.82, 2.24) is 20.4 Å². The minimum atomic E-state index is -0.0185. The number of hydrogen-bond donors (Lipinski definition) is 2. The Balaban J connectivity index is 1.91. The second kappa shape index (κ2) is 10.9. The van der Waals surface area contributed by atoms with Crippen molar-refractivity contribution in [1.29, 1.82) is 0 Å². The minimum Gasteiger partial charge on any atom is -0.338 e. The molecule has 2 amide bonds. The summed E-state index contributed by atoms with van der Waals surface area (Å²) in [6.45, 7) is 13.0. The van der Waals surface area contributed by atoms with Crippen molar-refractivity contribution in [3.63, 3.8) is 0 Å². The van der Waals surface area contributed by atoms with Gasteiger partial charge in [-0.1, -0.05) is 20.3 Å². The summed E-state index contributed by atoms with van der Waals surface area (Å²) in [6, 6.07) is -0.0185. The highest BCUT2D eigenvalue weighted by Gasteiger charge is 2.14. The first kappa shape index (κ1) is 17.2. The fourth-order valence-corrected chi connectivity index (χ4v) is 2.43. The molecule has 1 saturated heterocycles. The molecule has 0 aromatic rings. The Bertz CT molecular complexity index is 252. The highest BCUT2D eigenvalue weighted by atomic mass is 16.2. The number of nitrogens with one attached hydrogen (secondary N) is 2. The predicted octanol–water partition coefficient (Wildman–Crippen LogP) is 1.50. The number of nitrogens with zero attached hydrogens (tertiary/aromatic N) is 2. The molecule has 1 rings (SSSR count). The van der Waals surface area contributed by atoms with Gasteiger partial charge in [0.2, 0.25) is 0 Å². The molecule has 1 aliphatic rings. The lowest BCUT2D eigenvalue weighted by Crippen LogP contribution is -2.46. The highest BCUT2D eigenvalue weighted by molar-refractivity contribution is 5.73. The van der Waals surface area contributed by atoms with E-state index in [2.05, 4.69) is 34.3 Å². The molecule has 118 valence electrons. The van der Waals surface area contributed by atoms with Crippen LogP contribution in [0.3, 0.4) is 0 Å². The molecule has 0 aromatic heterocycles. The van der Waals surface area contributed by atoms with Gasteiger partial charge >= 0.3 is 6.03 Å². The molecular weight excluding hydrogens is 252 g/mol. The van der Waals surface area contributed by atoms with Crippen molar-refractivity contribution in [2.45, 2.75) is 39.5 Å². The van der Waals surface area contributed by atoms with Gasteiger partial charge in [0, 0.05) is 39.3 Å². The predicted molar refractivity (Wildman–Crippen MR) is 84.1 cm³/mol. The van der Waals surface area contributed by atoms with Crippen LogP contribution >= 0.6 is 0 Å². The fourth-order valence-electron chi connectivity index (χ4n) is 2.43. The molecule has 0 aromatic carbocycles. The zero-order chi connectivity index (χ0) is 14.6. The monoisotopic (exact) mass is 284 g/mol. The van der Waals surface area contributed by atoms with Gasteiger partial charge in [-0.15, -0.1) is 0 Å². The third kappa shape index (κ3) is 7.70. The van der Waals surface area contributed by atoms with E-state index in [1.807, 2.05) is 0 Å². The molecule has 1 heterocycles. The van der Waals surface area contributed by atoms with Gasteiger partial charge in [0.1, 0.15) is 0 Å². The maximum Gasteiger partial charge on any atom is 0.314 e. The first-order valence-corrected chi connectivity index (χ1v) is 8.22. The van der Waals surface area contributed by atoms with Crippen LogP contribution in [0.4, 0.5) is 4.79 Å². The standard InChI is InChI=1S/C15H32N4O/c1-3-5-8-16-15(20)17-9-6-7-10-19-13-11-18(4-2)12-14-19/h3-14H2,1-2H3,(H2,16,17,20). The van der Waals surface area contributed by atoms with Crippen molar-refractivity contribution in [2.24, 2.45) is 0 Å². The Hall–Kier alpha value is -0.810. The maximum atomic E-state index is 11.4. The molecule has 0 saturated carbocycles. The molecule has 5 heteroatoms. The largest absolute Gasteiger partial charge is 0.338 e. The van der Waals surface area contributed by atoms with Crippen LogP contribution < -0.4 is 10.6 Å². The van der Waals surface area contributed by atoms with E-state index in [1.54, 1.807) is 0 Å². The van der Waals surface area contributed by atoms with E-state index in [1.165, 1.54) is 39.1 Å². The summed E-state index contributed by atoms with van der Waals surface area (Å²) >= 11 is 0. The van der Waals surface area contributed by atoms with E-state index >= 15 is 0 Å². The number of carbonyl (C=O) groups is 1. The zero-order valence-corrected chi connectivity index (χ0v) is 13.3. The Morgan fingerprint density at radius 3 is 2.10 bits per heavy atom. The van der Waals surface area contributed by atoms with Crippen LogP contribution in [0.15, 0.2) is 0 Å². The smallest absolute Gasteiger partial charge is 0.314 e. The highest BCUT2D eigenvalue weighted by Crippen LogP contribution is 2.02. The number of rotatable bonds is 9. The first-order valence-electron chi connectivity index (χ1n) is 8.22. The van der Waals surface area contributed by atoms with Crippen molar-refractivity contribution in [2.75, 3.05) is 52.4 Å². The van der Waals surface area contributed by atoms with Crippen molar-refractivity contribution >= 4 is 6.03 Å². The molecule has 0 aliphatic carbocycles. The SMILES string of the molecule is CCCCNC(=O)NCCCCN1CCN(CC)CC1. The van der Waals surface area contributed by atoms with Gasteiger partial charge in [0.05, 0.1) is 0 Å². The lowest BCUT2D eigenvalue weighted by atomic mass is 10.2. The summed E-state index contributed by atoms with van der Waals surface area (Å²) in [6.07, 6.45) is 4.40. The number of urea groups is 1. The van der Waals surface area contributed by atoms with Gasteiger partial charge in [-0.25, -0.2) is 4.79 Å². The van der Waals surface area contributed by atoms with Crippen LogP contribution in [0.25, 0.3) is 0 Å². The molecule has 2 N–H and O–H groups in total. The van der Waals surface area contributed by atoms with Gasteiger partial charge in [0.25, 0.3) is 0 Å². The van der Waals surface area contributed by atoms with Crippen LogP contribution in [-0.4, -0.2) is 68.2 Å². The number of carbonyl (C=O) groups excluding carboxylic acids is 1. The number of unbranched alkanes of at least 4 members (excludes halogenated alkanes) is 2. The second-order valence-electron chi connectivity index (χ2n) is 5.52. The minimum absolute atomic E-state index is 0.0185. The molecule has 0 atom stereocenters. The Morgan fingerprint density at radius 1 is 0.900 bits per heavy atom. The molecule has 20 heavy (non-hydrogen) atoms. The van der Waals surface area contributed by atoms with E-state index in [0.29, 0.717) is 0 Å². The molecule has 1 aliphatic heterocycles. The van der Waals surface area contributed by atoms with E-state index < -0.39 is 0 Å². The summed E-state index contributed by atoms with van der Waals surface area (Å²) in [5.74, 6) is 0. The average Bonchev–Trinajstić information content (AvgIpc) is 2.48. The van der Waals surface area contributed by atoms with E-state index in [4.69, 9.17) is 0 Å². The summed E-state index contributed by atoms with van der Waals surface area (Å²) in [5.41, 5.74) is 0. The lowest BCUT2D eigenvalue weighted by Gasteiger charge is -2.33. The Labute approximate surface area is 124 Å². The molecule has 0 radical (unpaired) electrons. The van der Waals surface area contributed by atoms with E-state index in [9.17, 15) is 4.79 Å². The first-order chi connectivity index (χ1) is 9.76. The van der Waals surface area contributed by atoms with Gasteiger partial charge in [0.15, 0.2) is 0 Å². The molecule has 0 unspecified atom stereocenters. The third-order valence-corrected chi connectivity index (χ3v) is 3.91. The van der Waals surface area contributed by atoms with Gasteiger partial charge in [-0.3, -0.25) is 0 Å². The van der Waals surface area contributed by atoms with E-state index in [-0.39, 0.29) is 6.03 Å². The number of likely N-dealkylation sites (N-methyl/N-ethyl adjacent to an activating group) is 1. The van der Waals surface area contributed by atoms with Crippen LogP contribution in [0, 0.1) is 0 Å². The molecular formula is C15H32N4O. The molecule has 1 fully saturated rings. The van der Waals surface area contributed by atoms with Gasteiger partial charge < -0.3 is 20.4 Å². The van der Waals surface area contributed by atoms with E-state index in [0.717, 1.165) is 38.9 Å². The topological polar surface area (TPSA) is 47.6 Å². The normalized spacial score (nSPS) is 17.1. The van der Waals surface area contributed by atoms with Crippen molar-refractivity contribution < 1.29 is 4.79 Å². The van der Waals surface area contributed by atoms with Gasteiger partial charge in [-0.05, 0) is 32.4 Å². The number of amides is 2. The third-order valence-electron chi connectivity index (χ3n) is 3.91. The van der Waals surface area contributed by atoms with Gasteiger partial charge in [-0.2, -0.15) is 0 Å². The number of piperazine rings is 1. The number of hydrogen-bond acceptors (Lipinski definition) is 3. The molecule has 0 bridgehead atoms.